The Labute approximate surface area is 208 Å². The molecule has 5 heteroatoms. The lowest BCUT2D eigenvalue weighted by atomic mass is 9.70. The van der Waals surface area contributed by atoms with Gasteiger partial charge in [0.05, 0.1) is 11.1 Å². The van der Waals surface area contributed by atoms with E-state index in [1.165, 1.54) is 0 Å². The largest absolute Gasteiger partial charge is 0.452 e. The van der Waals surface area contributed by atoms with Gasteiger partial charge in [0.1, 0.15) is 0 Å². The van der Waals surface area contributed by atoms with Gasteiger partial charge in [-0.3, -0.25) is 9.78 Å². The number of nitrogens with one attached hydrogen (secondary N) is 1. The van der Waals surface area contributed by atoms with Crippen LogP contribution in [0.15, 0.2) is 42.5 Å². The molecule has 1 aromatic heterocycles. The quantitative estimate of drug-likeness (QED) is 0.427. The summed E-state index contributed by atoms with van der Waals surface area (Å²) in [5, 5.41) is 3.77. The number of anilines is 1. The van der Waals surface area contributed by atoms with Crippen LogP contribution in [0.1, 0.15) is 73.8 Å². The molecular weight excluding hydrogens is 436 g/mol. The van der Waals surface area contributed by atoms with Gasteiger partial charge in [-0.15, -0.1) is 0 Å². The maximum atomic E-state index is 13.5. The third-order valence-corrected chi connectivity index (χ3v) is 7.29. The van der Waals surface area contributed by atoms with Crippen molar-refractivity contribution in [3.63, 3.8) is 0 Å². The van der Waals surface area contributed by atoms with E-state index in [0.29, 0.717) is 11.5 Å². The molecule has 0 radical (unpaired) electrons. The molecule has 1 N–H and O–H groups in total. The monoisotopic (exact) mass is 472 g/mol. The van der Waals surface area contributed by atoms with Gasteiger partial charge in [-0.05, 0) is 66.2 Å². The van der Waals surface area contributed by atoms with Crippen molar-refractivity contribution in [2.75, 3.05) is 11.9 Å². The van der Waals surface area contributed by atoms with Gasteiger partial charge in [-0.1, -0.05) is 71.0 Å². The zero-order valence-corrected chi connectivity index (χ0v) is 21.5. The van der Waals surface area contributed by atoms with Crippen LogP contribution in [-0.4, -0.2) is 23.5 Å². The normalized spacial score (nSPS) is 15.5. The Morgan fingerprint density at radius 1 is 1.03 bits per heavy atom. The molecule has 184 valence electrons. The maximum absolute atomic E-state index is 13.5. The summed E-state index contributed by atoms with van der Waals surface area (Å²) in [6.07, 6.45) is 4.31. The highest BCUT2D eigenvalue weighted by Crippen LogP contribution is 2.39. The SMILES string of the molecule is CCc1cccc(CC)c1NC(=O)COC(=O)c1c2c(nc3ccccc13)CCC(C(C)(C)C)C2. The first-order chi connectivity index (χ1) is 16.7. The van der Waals surface area contributed by atoms with Crippen LogP contribution in [0.3, 0.4) is 0 Å². The van der Waals surface area contributed by atoms with Crippen LogP contribution in [0.4, 0.5) is 5.69 Å². The van der Waals surface area contributed by atoms with Gasteiger partial charge >= 0.3 is 5.97 Å². The lowest BCUT2D eigenvalue weighted by Crippen LogP contribution is -2.29. The second-order valence-corrected chi connectivity index (χ2v) is 10.5. The number of hydrogen-bond donors (Lipinski definition) is 1. The molecule has 1 aliphatic carbocycles. The molecular formula is C30H36N2O3. The Balaban J connectivity index is 1.60. The van der Waals surface area contributed by atoms with E-state index in [9.17, 15) is 9.59 Å². The van der Waals surface area contributed by atoms with Gasteiger partial charge in [-0.25, -0.2) is 4.79 Å². The Kier molecular flexibility index (Phi) is 7.25. The van der Waals surface area contributed by atoms with Crippen molar-refractivity contribution in [2.24, 2.45) is 11.3 Å². The van der Waals surface area contributed by atoms with Crippen LogP contribution in [0.2, 0.25) is 0 Å². The highest BCUT2D eigenvalue weighted by atomic mass is 16.5. The van der Waals surface area contributed by atoms with Crippen LogP contribution in [0.25, 0.3) is 10.9 Å². The second kappa shape index (κ2) is 10.2. The molecule has 1 heterocycles. The number of esters is 1. The average molecular weight is 473 g/mol. The first-order valence-corrected chi connectivity index (χ1v) is 12.7. The molecule has 2 aromatic carbocycles. The number of carbonyl (C=O) groups is 2. The Bertz CT molecular complexity index is 1230. The molecule has 5 nitrogen and oxygen atoms in total. The van der Waals surface area contributed by atoms with Gasteiger partial charge in [0.2, 0.25) is 0 Å². The highest BCUT2D eigenvalue weighted by Gasteiger charge is 2.33. The van der Waals surface area contributed by atoms with Crippen molar-refractivity contribution in [3.8, 4) is 0 Å². The van der Waals surface area contributed by atoms with Crippen LogP contribution < -0.4 is 5.32 Å². The number of amides is 1. The third-order valence-electron chi connectivity index (χ3n) is 7.29. The lowest BCUT2D eigenvalue weighted by molar-refractivity contribution is -0.119. The summed E-state index contributed by atoms with van der Waals surface area (Å²) >= 11 is 0. The van der Waals surface area contributed by atoms with Gasteiger partial charge in [0, 0.05) is 16.8 Å². The molecule has 1 aliphatic rings. The van der Waals surface area contributed by atoms with Crippen molar-refractivity contribution in [2.45, 2.75) is 66.7 Å². The van der Waals surface area contributed by atoms with E-state index in [2.05, 4.69) is 39.9 Å². The van der Waals surface area contributed by atoms with Gasteiger partial charge in [0.25, 0.3) is 5.91 Å². The van der Waals surface area contributed by atoms with Crippen LogP contribution in [0.5, 0.6) is 0 Å². The van der Waals surface area contributed by atoms with E-state index >= 15 is 0 Å². The van der Waals surface area contributed by atoms with E-state index in [1.807, 2.05) is 42.5 Å². The fourth-order valence-electron chi connectivity index (χ4n) is 5.14. The van der Waals surface area contributed by atoms with Gasteiger partial charge in [0.15, 0.2) is 6.61 Å². The number of pyridine rings is 1. The van der Waals surface area contributed by atoms with Crippen molar-refractivity contribution in [3.05, 3.63) is 70.4 Å². The molecule has 1 atom stereocenters. The zero-order valence-electron chi connectivity index (χ0n) is 21.5. The molecule has 0 saturated carbocycles. The van der Waals surface area contributed by atoms with Crippen LogP contribution in [0, 0.1) is 11.3 Å². The van der Waals surface area contributed by atoms with E-state index in [0.717, 1.165) is 71.1 Å². The summed E-state index contributed by atoms with van der Waals surface area (Å²) in [6.45, 7) is 10.5. The van der Waals surface area contributed by atoms with Crippen LogP contribution >= 0.6 is 0 Å². The maximum Gasteiger partial charge on any atom is 0.339 e. The summed E-state index contributed by atoms with van der Waals surface area (Å²) in [5.41, 5.74) is 6.43. The predicted molar refractivity (Wildman–Crippen MR) is 141 cm³/mol. The van der Waals surface area contributed by atoms with Gasteiger partial charge in [-0.2, -0.15) is 0 Å². The minimum atomic E-state index is -0.455. The van der Waals surface area contributed by atoms with E-state index in [1.54, 1.807) is 0 Å². The number of para-hydroxylation sites is 2. The van der Waals surface area contributed by atoms with Crippen molar-refractivity contribution in [1.29, 1.82) is 0 Å². The minimum Gasteiger partial charge on any atom is -0.452 e. The number of carbonyl (C=O) groups excluding carboxylic acids is 2. The molecule has 1 unspecified atom stereocenters. The standard InChI is InChI=1S/C30H36N2O3/c1-6-19-11-10-12-20(7-2)28(19)32-26(33)18-35-29(34)27-22-13-8-9-14-24(22)31-25-16-15-21(17-23(25)27)30(3,4)5/h8-14,21H,6-7,15-18H2,1-5H3,(H,32,33). The number of nitrogens with zero attached hydrogens (tertiary/aromatic N) is 1. The highest BCUT2D eigenvalue weighted by molar-refractivity contribution is 6.06. The number of fused-ring (bicyclic) bond motifs is 2. The Morgan fingerprint density at radius 3 is 2.37 bits per heavy atom. The average Bonchev–Trinajstić information content (AvgIpc) is 2.85. The van der Waals surface area contributed by atoms with Crippen molar-refractivity contribution >= 4 is 28.5 Å². The van der Waals surface area contributed by atoms with E-state index in [4.69, 9.17) is 9.72 Å². The van der Waals surface area contributed by atoms with Crippen molar-refractivity contribution in [1.82, 2.24) is 4.98 Å². The third kappa shape index (κ3) is 5.24. The first kappa shape index (κ1) is 24.9. The van der Waals surface area contributed by atoms with Crippen LogP contribution in [-0.2, 0) is 35.2 Å². The number of rotatable bonds is 6. The molecule has 35 heavy (non-hydrogen) atoms. The molecule has 0 spiro atoms. The topological polar surface area (TPSA) is 68.3 Å². The number of aromatic nitrogens is 1. The number of benzene rings is 2. The summed E-state index contributed by atoms with van der Waals surface area (Å²) in [4.78, 5) is 31.2. The van der Waals surface area contributed by atoms with E-state index < -0.39 is 5.97 Å². The fraction of sp³-hybridized carbons (Fsp3) is 0.433. The molecule has 3 aromatic rings. The molecule has 1 amide bonds. The molecule has 4 rings (SSSR count). The summed E-state index contributed by atoms with van der Waals surface area (Å²) in [6, 6.07) is 13.7. The number of aryl methyl sites for hydroxylation is 3. The minimum absolute atomic E-state index is 0.133. The Hall–Kier alpha value is -3.21. The number of ether oxygens (including phenoxy) is 1. The first-order valence-electron chi connectivity index (χ1n) is 12.7. The van der Waals surface area contributed by atoms with Gasteiger partial charge < -0.3 is 10.1 Å². The Morgan fingerprint density at radius 2 is 1.71 bits per heavy atom. The summed E-state index contributed by atoms with van der Waals surface area (Å²) in [5.74, 6) is -0.330. The van der Waals surface area contributed by atoms with E-state index in [-0.39, 0.29) is 17.9 Å². The molecule has 0 aliphatic heterocycles. The molecule has 0 saturated heterocycles. The summed E-state index contributed by atoms with van der Waals surface area (Å²) < 4.78 is 5.63. The summed E-state index contributed by atoms with van der Waals surface area (Å²) in [7, 11) is 0. The lowest BCUT2D eigenvalue weighted by Gasteiger charge is -2.35. The van der Waals surface area contributed by atoms with Crippen molar-refractivity contribution < 1.29 is 14.3 Å². The molecule has 0 fully saturated rings. The zero-order chi connectivity index (χ0) is 25.2. The predicted octanol–water partition coefficient (Wildman–Crippen LogP) is 6.31. The second-order valence-electron chi connectivity index (χ2n) is 10.5. The number of hydrogen-bond acceptors (Lipinski definition) is 4. The smallest absolute Gasteiger partial charge is 0.339 e. The fourth-order valence-corrected chi connectivity index (χ4v) is 5.14. The molecule has 0 bridgehead atoms.